The van der Waals surface area contributed by atoms with Crippen molar-refractivity contribution >= 4 is 28.5 Å². The summed E-state index contributed by atoms with van der Waals surface area (Å²) in [7, 11) is 0. The molecule has 0 spiro atoms. The minimum Gasteiger partial charge on any atom is -0.268 e. The Hall–Kier alpha value is -2.13. The number of fused-ring (bicyclic) bond motifs is 5. The van der Waals surface area contributed by atoms with E-state index in [4.69, 9.17) is 11.6 Å². The molecule has 0 radical (unpaired) electrons. The molecule has 0 fully saturated rings. The molecule has 3 aromatic rings. The van der Waals surface area contributed by atoms with Crippen molar-refractivity contribution in [3.8, 4) is 11.4 Å². The summed E-state index contributed by atoms with van der Waals surface area (Å²) in [4.78, 5) is 16.9. The number of hydrogen-bond acceptors (Lipinski definition) is 2. The van der Waals surface area contributed by atoms with Gasteiger partial charge in [0.1, 0.15) is 5.82 Å². The zero-order valence-corrected chi connectivity index (χ0v) is 9.98. The minimum atomic E-state index is -0.0367. The summed E-state index contributed by atoms with van der Waals surface area (Å²) < 4.78 is 1.63. The standard InChI is InChI=1S/C14H7ClN2O/c15-8-5-6-11-12(7-8)17-13(16-11)9-3-1-2-4-10(9)14(17)18/h1-7H. The molecule has 18 heavy (non-hydrogen) atoms. The molecule has 2 aromatic carbocycles. The fourth-order valence-electron chi connectivity index (χ4n) is 2.42. The van der Waals surface area contributed by atoms with Gasteiger partial charge in [-0.15, -0.1) is 0 Å². The van der Waals surface area contributed by atoms with Gasteiger partial charge in [0.15, 0.2) is 0 Å². The van der Waals surface area contributed by atoms with Crippen molar-refractivity contribution in [2.75, 3.05) is 0 Å². The molecular formula is C14H7ClN2O. The molecule has 0 saturated heterocycles. The van der Waals surface area contributed by atoms with E-state index in [0.29, 0.717) is 16.4 Å². The molecule has 1 aromatic heterocycles. The van der Waals surface area contributed by atoms with E-state index >= 15 is 0 Å². The number of carbonyl (C=O) groups is 1. The first-order valence-corrected chi connectivity index (χ1v) is 5.95. The maximum absolute atomic E-state index is 12.4. The summed E-state index contributed by atoms with van der Waals surface area (Å²) in [6.45, 7) is 0. The van der Waals surface area contributed by atoms with Crippen LogP contribution in [0.4, 0.5) is 0 Å². The van der Waals surface area contributed by atoms with Gasteiger partial charge in [0.25, 0.3) is 5.91 Å². The summed E-state index contributed by atoms with van der Waals surface area (Å²) in [6, 6.07) is 12.9. The zero-order valence-electron chi connectivity index (χ0n) is 9.22. The Balaban J connectivity index is 2.16. The molecule has 0 saturated carbocycles. The molecule has 1 aliphatic heterocycles. The van der Waals surface area contributed by atoms with Crippen LogP contribution >= 0.6 is 11.6 Å². The van der Waals surface area contributed by atoms with Crippen LogP contribution in [0.15, 0.2) is 42.5 Å². The van der Waals surface area contributed by atoms with Gasteiger partial charge in [0.05, 0.1) is 16.6 Å². The normalized spacial score (nSPS) is 12.8. The van der Waals surface area contributed by atoms with E-state index in [9.17, 15) is 4.79 Å². The van der Waals surface area contributed by atoms with Gasteiger partial charge < -0.3 is 0 Å². The number of rotatable bonds is 0. The van der Waals surface area contributed by atoms with E-state index in [1.165, 1.54) is 0 Å². The number of carbonyl (C=O) groups excluding carboxylic acids is 1. The highest BCUT2D eigenvalue weighted by atomic mass is 35.5. The van der Waals surface area contributed by atoms with Crippen molar-refractivity contribution in [1.29, 1.82) is 0 Å². The van der Waals surface area contributed by atoms with Crippen LogP contribution in [0.2, 0.25) is 5.02 Å². The maximum atomic E-state index is 12.4. The van der Waals surface area contributed by atoms with E-state index < -0.39 is 0 Å². The van der Waals surface area contributed by atoms with Crippen molar-refractivity contribution < 1.29 is 4.79 Å². The molecule has 1 aliphatic rings. The first kappa shape index (κ1) is 9.85. The average Bonchev–Trinajstić information content (AvgIpc) is 2.87. The first-order valence-electron chi connectivity index (χ1n) is 5.58. The Bertz CT molecular complexity index is 820. The van der Waals surface area contributed by atoms with Gasteiger partial charge in [-0.2, -0.15) is 0 Å². The molecular weight excluding hydrogens is 248 g/mol. The molecule has 4 heteroatoms. The van der Waals surface area contributed by atoms with Crippen LogP contribution in [0, 0.1) is 0 Å². The quantitative estimate of drug-likeness (QED) is 0.482. The highest BCUT2D eigenvalue weighted by Gasteiger charge is 2.29. The molecule has 0 atom stereocenters. The van der Waals surface area contributed by atoms with Crippen molar-refractivity contribution in [2.45, 2.75) is 0 Å². The number of benzene rings is 2. The summed E-state index contributed by atoms with van der Waals surface area (Å²) in [5.41, 5.74) is 3.13. The van der Waals surface area contributed by atoms with Crippen molar-refractivity contribution in [3.05, 3.63) is 53.1 Å². The second-order valence-electron chi connectivity index (χ2n) is 4.25. The predicted octanol–water partition coefficient (Wildman–Crippen LogP) is 3.36. The molecule has 0 N–H and O–H groups in total. The third-order valence-corrected chi connectivity index (χ3v) is 3.45. The average molecular weight is 255 g/mol. The van der Waals surface area contributed by atoms with Crippen LogP contribution < -0.4 is 0 Å². The minimum absolute atomic E-state index is 0.0367. The lowest BCUT2D eigenvalue weighted by Gasteiger charge is -1.98. The van der Waals surface area contributed by atoms with Gasteiger partial charge in [0.2, 0.25) is 0 Å². The third-order valence-electron chi connectivity index (χ3n) is 3.22. The molecule has 0 aliphatic carbocycles. The van der Waals surface area contributed by atoms with E-state index in [-0.39, 0.29) is 5.91 Å². The Morgan fingerprint density at radius 3 is 2.67 bits per heavy atom. The van der Waals surface area contributed by atoms with Crippen molar-refractivity contribution in [3.63, 3.8) is 0 Å². The first-order chi connectivity index (χ1) is 8.75. The summed E-state index contributed by atoms with van der Waals surface area (Å²) in [5, 5.41) is 0.606. The van der Waals surface area contributed by atoms with Crippen LogP contribution in [0.25, 0.3) is 22.4 Å². The molecule has 0 unspecified atom stereocenters. The largest absolute Gasteiger partial charge is 0.268 e. The second-order valence-corrected chi connectivity index (χ2v) is 4.69. The molecule has 4 rings (SSSR count). The number of hydrogen-bond donors (Lipinski definition) is 0. The number of aromatic nitrogens is 2. The molecule has 0 bridgehead atoms. The van der Waals surface area contributed by atoms with E-state index in [1.807, 2.05) is 30.3 Å². The molecule has 86 valence electrons. The van der Waals surface area contributed by atoms with Gasteiger partial charge in [-0.05, 0) is 24.3 Å². The smallest absolute Gasteiger partial charge is 0.264 e. The molecule has 3 nitrogen and oxygen atoms in total. The van der Waals surface area contributed by atoms with Crippen molar-refractivity contribution in [2.24, 2.45) is 0 Å². The molecule has 2 heterocycles. The Kier molecular flexibility index (Phi) is 1.76. The second kappa shape index (κ2) is 3.21. The SMILES string of the molecule is O=C1c2ccccc2-c2nc3ccc(Cl)cc3n21. The fourth-order valence-corrected chi connectivity index (χ4v) is 2.59. The number of halogens is 1. The topological polar surface area (TPSA) is 34.9 Å². The summed E-state index contributed by atoms with van der Waals surface area (Å²) in [6.07, 6.45) is 0. The lowest BCUT2D eigenvalue weighted by atomic mass is 10.1. The highest BCUT2D eigenvalue weighted by Crippen LogP contribution is 2.34. The third kappa shape index (κ3) is 1.09. The maximum Gasteiger partial charge on any atom is 0.264 e. The van der Waals surface area contributed by atoms with Gasteiger partial charge in [-0.25, -0.2) is 4.98 Å². The van der Waals surface area contributed by atoms with Crippen LogP contribution in [0.1, 0.15) is 10.4 Å². The lowest BCUT2D eigenvalue weighted by Crippen LogP contribution is -2.05. The zero-order chi connectivity index (χ0) is 12.3. The molecule has 0 amide bonds. The Morgan fingerprint density at radius 2 is 1.83 bits per heavy atom. The van der Waals surface area contributed by atoms with E-state index in [1.54, 1.807) is 16.7 Å². The summed E-state index contributed by atoms with van der Waals surface area (Å²) >= 11 is 5.98. The lowest BCUT2D eigenvalue weighted by molar-refractivity contribution is 0.0973. The van der Waals surface area contributed by atoms with Gasteiger partial charge >= 0.3 is 0 Å². The van der Waals surface area contributed by atoms with Crippen LogP contribution in [-0.4, -0.2) is 15.5 Å². The monoisotopic (exact) mass is 254 g/mol. The van der Waals surface area contributed by atoms with Crippen LogP contribution in [-0.2, 0) is 0 Å². The van der Waals surface area contributed by atoms with E-state index in [0.717, 1.165) is 16.6 Å². The van der Waals surface area contributed by atoms with E-state index in [2.05, 4.69) is 4.98 Å². The van der Waals surface area contributed by atoms with Crippen LogP contribution in [0.3, 0.4) is 0 Å². The van der Waals surface area contributed by atoms with Gasteiger partial charge in [-0.3, -0.25) is 9.36 Å². The van der Waals surface area contributed by atoms with Gasteiger partial charge in [-0.1, -0.05) is 29.8 Å². The van der Waals surface area contributed by atoms with Crippen LogP contribution in [0.5, 0.6) is 0 Å². The predicted molar refractivity (Wildman–Crippen MR) is 69.9 cm³/mol. The fraction of sp³-hybridized carbons (Fsp3) is 0. The van der Waals surface area contributed by atoms with Gasteiger partial charge in [0, 0.05) is 10.6 Å². The Labute approximate surface area is 108 Å². The summed E-state index contributed by atoms with van der Waals surface area (Å²) in [5.74, 6) is 0.665. The highest BCUT2D eigenvalue weighted by molar-refractivity contribution is 6.31. The van der Waals surface area contributed by atoms with Crippen molar-refractivity contribution in [1.82, 2.24) is 9.55 Å². The Morgan fingerprint density at radius 1 is 1.06 bits per heavy atom. The number of nitrogens with zero attached hydrogens (tertiary/aromatic N) is 2. The number of imidazole rings is 1.